The van der Waals surface area contributed by atoms with Gasteiger partial charge >= 0.3 is 0 Å². The van der Waals surface area contributed by atoms with E-state index in [-0.39, 0.29) is 12.0 Å². The molecule has 20 heavy (non-hydrogen) atoms. The number of imidazole rings is 1. The third kappa shape index (κ3) is 1.65. The lowest BCUT2D eigenvalue weighted by Crippen LogP contribution is -2.37. The molecule has 1 aromatic carbocycles. The number of nitrogens with zero attached hydrogens (tertiary/aromatic N) is 2. The molecule has 5 heteroatoms. The van der Waals surface area contributed by atoms with E-state index in [9.17, 15) is 5.11 Å². The minimum Gasteiger partial charge on any atom is -0.390 e. The van der Waals surface area contributed by atoms with Crippen molar-refractivity contribution >= 4 is 11.6 Å². The number of aromatic nitrogens is 2. The van der Waals surface area contributed by atoms with Crippen LogP contribution in [0.15, 0.2) is 30.7 Å². The average Bonchev–Trinajstić information content (AvgIpc) is 3.01. The molecule has 0 bridgehead atoms. The summed E-state index contributed by atoms with van der Waals surface area (Å²) in [5, 5.41) is 11.1. The van der Waals surface area contributed by atoms with Crippen molar-refractivity contribution < 1.29 is 9.84 Å². The fourth-order valence-electron chi connectivity index (χ4n) is 3.46. The van der Waals surface area contributed by atoms with Gasteiger partial charge < -0.3 is 14.4 Å². The molecule has 0 aliphatic carbocycles. The number of hydrogen-bond acceptors (Lipinski definition) is 3. The quantitative estimate of drug-likeness (QED) is 0.878. The van der Waals surface area contributed by atoms with E-state index in [0.717, 1.165) is 28.3 Å². The van der Waals surface area contributed by atoms with Crippen LogP contribution in [0.25, 0.3) is 11.3 Å². The Bertz CT molecular complexity index is 655. The molecule has 3 atom stereocenters. The van der Waals surface area contributed by atoms with Crippen molar-refractivity contribution in [3.05, 3.63) is 41.3 Å². The summed E-state index contributed by atoms with van der Waals surface area (Å²) in [5.74, 6) is 0.109. The Morgan fingerprint density at radius 1 is 1.40 bits per heavy atom. The van der Waals surface area contributed by atoms with Gasteiger partial charge in [-0.25, -0.2) is 4.98 Å². The number of rotatable bonds is 1. The third-order valence-corrected chi connectivity index (χ3v) is 4.70. The minimum atomic E-state index is -0.466. The van der Waals surface area contributed by atoms with Gasteiger partial charge in [-0.05, 0) is 12.5 Å². The van der Waals surface area contributed by atoms with Crippen molar-refractivity contribution in [1.82, 2.24) is 9.55 Å². The summed E-state index contributed by atoms with van der Waals surface area (Å²) in [6, 6.07) is 6.00. The Kier molecular flexibility index (Phi) is 2.84. The average molecular weight is 291 g/mol. The number of fused-ring (bicyclic) bond motifs is 3. The molecule has 1 fully saturated rings. The second-order valence-electron chi connectivity index (χ2n) is 5.43. The van der Waals surface area contributed by atoms with Gasteiger partial charge in [0.05, 0.1) is 37.0 Å². The molecule has 4 nitrogen and oxygen atoms in total. The standard InChI is InChI=1S/C15H15ClN2O2/c16-11-3-1-2-9-12-6-17-8-18(12)15(14(9)11)10-4-5-20-7-13(10)19/h1-3,6,8,10,13,15,19H,4-5,7H2/t10?,13-,15-/m1/s1. The normalized spacial score (nSPS) is 28.2. The highest BCUT2D eigenvalue weighted by Crippen LogP contribution is 2.48. The predicted octanol–water partition coefficient (Wildman–Crippen LogP) is 2.50. The molecule has 1 aromatic heterocycles. The molecule has 2 aromatic rings. The molecule has 0 amide bonds. The van der Waals surface area contributed by atoms with Crippen LogP contribution < -0.4 is 0 Å². The molecule has 1 saturated heterocycles. The maximum atomic E-state index is 10.3. The first-order valence-electron chi connectivity index (χ1n) is 6.84. The van der Waals surface area contributed by atoms with Crippen molar-refractivity contribution in [2.75, 3.05) is 13.2 Å². The number of benzene rings is 1. The topological polar surface area (TPSA) is 47.3 Å². The molecule has 0 spiro atoms. The van der Waals surface area contributed by atoms with E-state index in [2.05, 4.69) is 15.6 Å². The molecule has 0 radical (unpaired) electrons. The maximum absolute atomic E-state index is 10.3. The van der Waals surface area contributed by atoms with E-state index in [0.29, 0.717) is 13.2 Å². The van der Waals surface area contributed by atoms with Crippen LogP contribution >= 0.6 is 11.6 Å². The van der Waals surface area contributed by atoms with Gasteiger partial charge in [0.15, 0.2) is 0 Å². The Balaban J connectivity index is 1.88. The highest BCUT2D eigenvalue weighted by Gasteiger charge is 2.40. The summed E-state index contributed by atoms with van der Waals surface area (Å²) in [4.78, 5) is 4.25. The smallest absolute Gasteiger partial charge is 0.0956 e. The van der Waals surface area contributed by atoms with E-state index in [4.69, 9.17) is 16.3 Å². The number of ether oxygens (including phenoxy) is 1. The van der Waals surface area contributed by atoms with Crippen LogP contribution in [0.4, 0.5) is 0 Å². The molecule has 104 valence electrons. The van der Waals surface area contributed by atoms with Gasteiger partial charge in [0.1, 0.15) is 0 Å². The zero-order valence-electron chi connectivity index (χ0n) is 10.9. The molecular formula is C15H15ClN2O2. The van der Waals surface area contributed by atoms with Crippen molar-refractivity contribution in [1.29, 1.82) is 0 Å². The first kappa shape index (κ1) is 12.4. The SMILES string of the molecule is O[C@@H]1COCCC1[C@@H]1c2c(Cl)cccc2-c2cncn21. The monoisotopic (exact) mass is 290 g/mol. The van der Waals surface area contributed by atoms with E-state index >= 15 is 0 Å². The van der Waals surface area contributed by atoms with Crippen molar-refractivity contribution in [2.24, 2.45) is 5.92 Å². The Hall–Kier alpha value is -1.36. The summed E-state index contributed by atoms with van der Waals surface area (Å²) >= 11 is 6.43. The van der Waals surface area contributed by atoms with Crippen LogP contribution in [0, 0.1) is 5.92 Å². The second kappa shape index (κ2) is 4.58. The summed E-state index contributed by atoms with van der Waals surface area (Å²) in [6.45, 7) is 1.08. The summed E-state index contributed by atoms with van der Waals surface area (Å²) in [5.41, 5.74) is 3.31. The molecule has 1 N–H and O–H groups in total. The van der Waals surface area contributed by atoms with Crippen LogP contribution in [0.2, 0.25) is 5.02 Å². The van der Waals surface area contributed by atoms with Crippen molar-refractivity contribution in [3.63, 3.8) is 0 Å². The van der Waals surface area contributed by atoms with E-state index in [1.165, 1.54) is 0 Å². The second-order valence-corrected chi connectivity index (χ2v) is 5.83. The zero-order chi connectivity index (χ0) is 13.7. The molecule has 2 aliphatic rings. The fraction of sp³-hybridized carbons (Fsp3) is 0.400. The largest absolute Gasteiger partial charge is 0.390 e. The van der Waals surface area contributed by atoms with Crippen molar-refractivity contribution in [3.8, 4) is 11.3 Å². The highest BCUT2D eigenvalue weighted by molar-refractivity contribution is 6.32. The molecule has 4 rings (SSSR count). The molecule has 3 heterocycles. The summed E-state index contributed by atoms with van der Waals surface area (Å²) < 4.78 is 7.49. The lowest BCUT2D eigenvalue weighted by Gasteiger charge is -2.33. The molecular weight excluding hydrogens is 276 g/mol. The van der Waals surface area contributed by atoms with Gasteiger partial charge in [0.2, 0.25) is 0 Å². The highest BCUT2D eigenvalue weighted by atomic mass is 35.5. The Morgan fingerprint density at radius 3 is 3.15 bits per heavy atom. The predicted molar refractivity (Wildman–Crippen MR) is 75.7 cm³/mol. The Labute approximate surface area is 122 Å². The van der Waals surface area contributed by atoms with Gasteiger partial charge in [-0.2, -0.15) is 0 Å². The third-order valence-electron chi connectivity index (χ3n) is 4.37. The molecule has 0 saturated carbocycles. The number of aliphatic hydroxyl groups is 1. The van der Waals surface area contributed by atoms with Crippen LogP contribution in [0.3, 0.4) is 0 Å². The fourth-order valence-corrected chi connectivity index (χ4v) is 3.75. The minimum absolute atomic E-state index is 0.0510. The molecule has 1 unspecified atom stereocenters. The van der Waals surface area contributed by atoms with E-state index < -0.39 is 6.10 Å². The van der Waals surface area contributed by atoms with Gasteiger partial charge in [0.25, 0.3) is 0 Å². The van der Waals surface area contributed by atoms with E-state index in [1.807, 2.05) is 24.7 Å². The van der Waals surface area contributed by atoms with Crippen LogP contribution in [0.1, 0.15) is 18.0 Å². The van der Waals surface area contributed by atoms with Gasteiger partial charge in [-0.3, -0.25) is 0 Å². The number of hydrogen-bond donors (Lipinski definition) is 1. The lowest BCUT2D eigenvalue weighted by atomic mass is 9.85. The number of halogens is 1. The summed E-state index contributed by atoms with van der Waals surface area (Å²) in [6.07, 6.45) is 4.05. The van der Waals surface area contributed by atoms with Crippen molar-refractivity contribution in [2.45, 2.75) is 18.6 Å². The Morgan fingerprint density at radius 2 is 2.30 bits per heavy atom. The summed E-state index contributed by atoms with van der Waals surface area (Å²) in [7, 11) is 0. The van der Waals surface area contributed by atoms with E-state index in [1.54, 1.807) is 0 Å². The van der Waals surface area contributed by atoms with Crippen LogP contribution in [-0.2, 0) is 4.74 Å². The number of aliphatic hydroxyl groups excluding tert-OH is 1. The van der Waals surface area contributed by atoms with Gasteiger partial charge in [0, 0.05) is 28.7 Å². The van der Waals surface area contributed by atoms with Gasteiger partial charge in [-0.1, -0.05) is 23.7 Å². The zero-order valence-corrected chi connectivity index (χ0v) is 11.6. The first-order valence-corrected chi connectivity index (χ1v) is 7.21. The van der Waals surface area contributed by atoms with Gasteiger partial charge in [-0.15, -0.1) is 0 Å². The lowest BCUT2D eigenvalue weighted by molar-refractivity contribution is -0.0540. The molecule has 2 aliphatic heterocycles. The van der Waals surface area contributed by atoms with Crippen LogP contribution in [0.5, 0.6) is 0 Å². The first-order chi connectivity index (χ1) is 9.77. The van der Waals surface area contributed by atoms with Crippen LogP contribution in [-0.4, -0.2) is 34.0 Å². The maximum Gasteiger partial charge on any atom is 0.0956 e.